The largest absolute Gasteiger partial charge is 0.495 e. The summed E-state index contributed by atoms with van der Waals surface area (Å²) in [4.78, 5) is 25.1. The van der Waals surface area contributed by atoms with Crippen molar-refractivity contribution in [1.29, 1.82) is 0 Å². The number of hydrogen-bond acceptors (Lipinski definition) is 8. The molecule has 3 rings (SSSR count). The molecule has 11 nitrogen and oxygen atoms in total. The molecule has 1 aliphatic rings. The summed E-state index contributed by atoms with van der Waals surface area (Å²) in [6.07, 6.45) is 0. The normalized spacial score (nSPS) is 16.0. The number of sulfonamides is 1. The van der Waals surface area contributed by atoms with E-state index in [9.17, 15) is 23.3 Å². The summed E-state index contributed by atoms with van der Waals surface area (Å²) < 4.78 is 37.6. The third-order valence-corrected chi connectivity index (χ3v) is 7.69. The molecule has 0 bridgehead atoms. The van der Waals surface area contributed by atoms with Gasteiger partial charge in [0.25, 0.3) is 0 Å². The number of nitro groups is 1. The van der Waals surface area contributed by atoms with Crippen LogP contribution in [0, 0.1) is 17.0 Å². The van der Waals surface area contributed by atoms with E-state index in [2.05, 4.69) is 5.32 Å². The third-order valence-electron chi connectivity index (χ3n) is 5.80. The zero-order chi connectivity index (χ0) is 25.0. The molecule has 0 radical (unpaired) electrons. The van der Waals surface area contributed by atoms with Gasteiger partial charge >= 0.3 is 5.69 Å². The number of hydrogen-bond donors (Lipinski definition) is 1. The number of carbonyl (C=O) groups is 1. The smallest absolute Gasteiger partial charge is 0.312 e. The zero-order valence-electron chi connectivity index (χ0n) is 19.5. The van der Waals surface area contributed by atoms with Crippen LogP contribution in [0.3, 0.4) is 0 Å². The van der Waals surface area contributed by atoms with Crippen molar-refractivity contribution in [3.05, 3.63) is 52.1 Å². The van der Waals surface area contributed by atoms with Crippen molar-refractivity contribution >= 4 is 27.3 Å². The van der Waals surface area contributed by atoms with E-state index in [-0.39, 0.29) is 29.6 Å². The Morgan fingerprint density at radius 3 is 2.26 bits per heavy atom. The SMILES string of the molecule is COc1ccc(C)cc1NC(=O)C(C)N1CCN(S(=O)(=O)c2ccc(OC)c([N+](=O)[O-])c2)CC1. The fraction of sp³-hybridized carbons (Fsp3) is 0.409. The molecule has 1 fully saturated rings. The van der Waals surface area contributed by atoms with Crippen molar-refractivity contribution in [2.24, 2.45) is 0 Å². The first kappa shape index (κ1) is 25.4. The maximum atomic E-state index is 13.1. The Morgan fingerprint density at radius 2 is 1.68 bits per heavy atom. The lowest BCUT2D eigenvalue weighted by molar-refractivity contribution is -0.386. The minimum absolute atomic E-state index is 0.0150. The van der Waals surface area contributed by atoms with Crippen molar-refractivity contribution in [2.45, 2.75) is 24.8 Å². The molecule has 2 aromatic rings. The molecule has 1 amide bonds. The van der Waals surface area contributed by atoms with Crippen molar-refractivity contribution < 1.29 is 27.6 Å². The Morgan fingerprint density at radius 1 is 1.06 bits per heavy atom. The van der Waals surface area contributed by atoms with Crippen molar-refractivity contribution in [3.63, 3.8) is 0 Å². The zero-order valence-corrected chi connectivity index (χ0v) is 20.3. The summed E-state index contributed by atoms with van der Waals surface area (Å²) in [7, 11) is -1.14. The van der Waals surface area contributed by atoms with Gasteiger partial charge in [0.05, 0.1) is 35.8 Å². The first-order valence-electron chi connectivity index (χ1n) is 10.6. The highest BCUT2D eigenvalue weighted by Gasteiger charge is 2.33. The maximum absolute atomic E-state index is 13.1. The second-order valence-corrected chi connectivity index (χ2v) is 9.84. The average Bonchev–Trinajstić information content (AvgIpc) is 2.83. The number of carbonyl (C=O) groups excluding carboxylic acids is 1. The lowest BCUT2D eigenvalue weighted by Gasteiger charge is -2.36. The van der Waals surface area contributed by atoms with Gasteiger partial charge in [-0.25, -0.2) is 8.42 Å². The van der Waals surface area contributed by atoms with Crippen LogP contribution in [0.1, 0.15) is 12.5 Å². The highest BCUT2D eigenvalue weighted by atomic mass is 32.2. The number of anilines is 1. The molecule has 2 aromatic carbocycles. The van der Waals surface area contributed by atoms with Crippen LogP contribution in [0.25, 0.3) is 0 Å². The van der Waals surface area contributed by atoms with Gasteiger partial charge in [-0.3, -0.25) is 19.8 Å². The van der Waals surface area contributed by atoms with E-state index in [0.29, 0.717) is 24.5 Å². The Kier molecular flexibility index (Phi) is 7.75. The van der Waals surface area contributed by atoms with E-state index in [1.807, 2.05) is 24.0 Å². The maximum Gasteiger partial charge on any atom is 0.312 e. The first-order valence-corrected chi connectivity index (χ1v) is 12.0. The summed E-state index contributed by atoms with van der Waals surface area (Å²) in [6.45, 7) is 4.62. The number of aryl methyl sites for hydroxylation is 1. The van der Waals surface area contributed by atoms with Crippen LogP contribution in [-0.2, 0) is 14.8 Å². The van der Waals surface area contributed by atoms with Gasteiger partial charge in [-0.1, -0.05) is 6.07 Å². The number of piperazine rings is 1. The van der Waals surface area contributed by atoms with Gasteiger partial charge in [0, 0.05) is 32.2 Å². The van der Waals surface area contributed by atoms with Crippen LogP contribution in [0.5, 0.6) is 11.5 Å². The molecule has 184 valence electrons. The van der Waals surface area contributed by atoms with Crippen LogP contribution >= 0.6 is 0 Å². The van der Waals surface area contributed by atoms with E-state index in [1.165, 1.54) is 30.7 Å². The molecule has 1 N–H and O–H groups in total. The standard InChI is InChI=1S/C22H28N4O7S/c1-15-5-7-20(32-3)18(13-15)23-22(27)16(2)24-9-11-25(12-10-24)34(30,31)17-6-8-21(33-4)19(14-17)26(28)29/h5-8,13-14,16H,9-12H2,1-4H3,(H,23,27). The van der Waals surface area contributed by atoms with E-state index in [1.54, 1.807) is 13.0 Å². The van der Waals surface area contributed by atoms with Crippen molar-refractivity contribution in [1.82, 2.24) is 9.21 Å². The predicted molar refractivity (Wildman–Crippen MR) is 126 cm³/mol. The van der Waals surface area contributed by atoms with Crippen LogP contribution in [0.2, 0.25) is 0 Å². The van der Waals surface area contributed by atoms with Gasteiger partial charge in [0.1, 0.15) is 5.75 Å². The molecule has 0 aliphatic carbocycles. The second-order valence-electron chi connectivity index (χ2n) is 7.90. The van der Waals surface area contributed by atoms with Crippen LogP contribution < -0.4 is 14.8 Å². The second kappa shape index (κ2) is 10.4. The third kappa shape index (κ3) is 5.29. The number of ether oxygens (including phenoxy) is 2. The molecule has 34 heavy (non-hydrogen) atoms. The minimum atomic E-state index is -3.95. The summed E-state index contributed by atoms with van der Waals surface area (Å²) in [6, 6.07) is 8.55. The molecule has 12 heteroatoms. The number of nitro benzene ring substituents is 1. The predicted octanol–water partition coefficient (Wildman–Crippen LogP) is 2.25. The first-order chi connectivity index (χ1) is 16.1. The molecule has 1 atom stereocenters. The van der Waals surface area contributed by atoms with Gasteiger partial charge in [0.15, 0.2) is 5.75 Å². The molecule has 0 aromatic heterocycles. The van der Waals surface area contributed by atoms with Gasteiger partial charge in [-0.05, 0) is 43.7 Å². The van der Waals surface area contributed by atoms with E-state index in [4.69, 9.17) is 9.47 Å². The Balaban J connectivity index is 1.67. The van der Waals surface area contributed by atoms with Crippen molar-refractivity contribution in [2.75, 3.05) is 45.7 Å². The molecule has 1 saturated heterocycles. The molecule has 0 saturated carbocycles. The van der Waals surface area contributed by atoms with E-state index < -0.39 is 26.7 Å². The minimum Gasteiger partial charge on any atom is -0.495 e. The molecule has 0 spiro atoms. The molecule has 1 aliphatic heterocycles. The van der Waals surface area contributed by atoms with Gasteiger partial charge in [-0.2, -0.15) is 4.31 Å². The van der Waals surface area contributed by atoms with Gasteiger partial charge < -0.3 is 14.8 Å². The quantitative estimate of drug-likeness (QED) is 0.438. The number of benzene rings is 2. The lowest BCUT2D eigenvalue weighted by atomic mass is 10.2. The van der Waals surface area contributed by atoms with Crippen LogP contribution in [-0.4, -0.2) is 74.9 Å². The average molecular weight is 493 g/mol. The molecular formula is C22H28N4O7S. The molecule has 1 unspecified atom stereocenters. The number of nitrogens with one attached hydrogen (secondary N) is 1. The van der Waals surface area contributed by atoms with E-state index in [0.717, 1.165) is 11.6 Å². The van der Waals surface area contributed by atoms with Crippen LogP contribution in [0.4, 0.5) is 11.4 Å². The number of amides is 1. The number of nitrogens with zero attached hydrogens (tertiary/aromatic N) is 3. The van der Waals surface area contributed by atoms with Crippen LogP contribution in [0.15, 0.2) is 41.3 Å². The summed E-state index contributed by atoms with van der Waals surface area (Å²) in [5.41, 5.74) is 1.13. The van der Waals surface area contributed by atoms with Gasteiger partial charge in [-0.15, -0.1) is 0 Å². The Bertz CT molecular complexity index is 1180. The Labute approximate surface area is 198 Å². The fourth-order valence-corrected chi connectivity index (χ4v) is 5.22. The van der Waals surface area contributed by atoms with Crippen molar-refractivity contribution in [3.8, 4) is 11.5 Å². The topological polar surface area (TPSA) is 131 Å². The highest BCUT2D eigenvalue weighted by molar-refractivity contribution is 7.89. The highest BCUT2D eigenvalue weighted by Crippen LogP contribution is 2.31. The van der Waals surface area contributed by atoms with E-state index >= 15 is 0 Å². The number of methoxy groups -OCH3 is 2. The van der Waals surface area contributed by atoms with Gasteiger partial charge in [0.2, 0.25) is 15.9 Å². The fourth-order valence-electron chi connectivity index (χ4n) is 3.78. The Hall–Kier alpha value is -3.22. The summed E-state index contributed by atoms with van der Waals surface area (Å²) in [5, 5.41) is 14.2. The summed E-state index contributed by atoms with van der Waals surface area (Å²) >= 11 is 0. The monoisotopic (exact) mass is 492 g/mol. The number of rotatable bonds is 8. The lowest BCUT2D eigenvalue weighted by Crippen LogP contribution is -2.53. The molecule has 1 heterocycles. The molecular weight excluding hydrogens is 464 g/mol. The summed E-state index contributed by atoms with van der Waals surface area (Å²) in [5.74, 6) is 0.306.